The van der Waals surface area contributed by atoms with Gasteiger partial charge < -0.3 is 14.2 Å². The predicted octanol–water partition coefficient (Wildman–Crippen LogP) is 3.43. The number of carbonyl (C=O) groups is 1. The summed E-state index contributed by atoms with van der Waals surface area (Å²) >= 11 is 6.11. The fraction of sp³-hybridized carbons (Fsp3) is 0.333. The molecule has 0 bridgehead atoms. The Labute approximate surface area is 163 Å². The van der Waals surface area contributed by atoms with Crippen LogP contribution in [0.25, 0.3) is 6.08 Å². The topological polar surface area (TPSA) is 51.5 Å². The van der Waals surface area contributed by atoms with E-state index in [9.17, 15) is 9.59 Å². The molecular formula is C21H23ClN2O3. The van der Waals surface area contributed by atoms with Gasteiger partial charge in [-0.2, -0.15) is 0 Å². The summed E-state index contributed by atoms with van der Waals surface area (Å²) in [6.07, 6.45) is 4.79. The van der Waals surface area contributed by atoms with Crippen LogP contribution >= 0.6 is 11.6 Å². The van der Waals surface area contributed by atoms with Crippen LogP contribution in [0.1, 0.15) is 24.1 Å². The highest BCUT2D eigenvalue weighted by Gasteiger charge is 2.23. The van der Waals surface area contributed by atoms with Gasteiger partial charge >= 0.3 is 0 Å². The highest BCUT2D eigenvalue weighted by molar-refractivity contribution is 6.32. The normalized spacial score (nSPS) is 15.3. The average Bonchev–Trinajstić information content (AvgIpc) is 2.66. The Hall–Kier alpha value is -2.53. The van der Waals surface area contributed by atoms with Crippen molar-refractivity contribution in [1.82, 2.24) is 9.47 Å². The Morgan fingerprint density at radius 2 is 1.93 bits per heavy atom. The van der Waals surface area contributed by atoms with E-state index in [1.165, 1.54) is 6.07 Å². The highest BCUT2D eigenvalue weighted by atomic mass is 35.5. The number of pyridine rings is 1. The number of ether oxygens (including phenoxy) is 1. The number of hydrogen-bond acceptors (Lipinski definition) is 3. The molecule has 0 aliphatic carbocycles. The molecule has 1 aliphatic heterocycles. The summed E-state index contributed by atoms with van der Waals surface area (Å²) in [5.41, 5.74) is 1.60. The van der Waals surface area contributed by atoms with Gasteiger partial charge in [0.25, 0.3) is 5.56 Å². The zero-order valence-electron chi connectivity index (χ0n) is 15.5. The Balaban J connectivity index is 1.55. The van der Waals surface area contributed by atoms with Crippen molar-refractivity contribution >= 4 is 23.6 Å². The zero-order valence-corrected chi connectivity index (χ0v) is 16.3. The highest BCUT2D eigenvalue weighted by Crippen LogP contribution is 2.20. The van der Waals surface area contributed by atoms with Crippen LogP contribution in [0.3, 0.4) is 0 Å². The van der Waals surface area contributed by atoms with E-state index < -0.39 is 0 Å². The van der Waals surface area contributed by atoms with Gasteiger partial charge in [-0.1, -0.05) is 29.8 Å². The molecule has 2 heterocycles. The molecular weight excluding hydrogens is 364 g/mol. The van der Waals surface area contributed by atoms with Gasteiger partial charge in [-0.05, 0) is 30.7 Å². The molecule has 0 saturated carbocycles. The van der Waals surface area contributed by atoms with E-state index >= 15 is 0 Å². The van der Waals surface area contributed by atoms with E-state index in [1.807, 2.05) is 36.1 Å². The summed E-state index contributed by atoms with van der Waals surface area (Å²) < 4.78 is 7.54. The summed E-state index contributed by atoms with van der Waals surface area (Å²) in [5.74, 6) is 0.566. The molecule has 6 heteroatoms. The lowest BCUT2D eigenvalue weighted by atomic mass is 10.1. The molecule has 1 saturated heterocycles. The Bertz CT molecular complexity index is 912. The maximum absolute atomic E-state index is 12.4. The molecule has 0 N–H and O–H groups in total. The molecule has 1 aromatic carbocycles. The van der Waals surface area contributed by atoms with Crippen molar-refractivity contribution in [3.8, 4) is 5.75 Å². The molecule has 0 unspecified atom stereocenters. The minimum atomic E-state index is -0.0812. The standard InChI is InChI=1S/C21H23ClN2O3/c1-15-13-18(14-21(26)23(15)2)27-17-9-11-24(12-10-17)20(25)8-7-16-5-3-4-6-19(16)22/h3-8,13-14,17H,9-12H2,1-2H3. The molecule has 0 radical (unpaired) electrons. The van der Waals surface area contributed by atoms with Gasteiger partial charge in [0, 0.05) is 55.8 Å². The van der Waals surface area contributed by atoms with Gasteiger partial charge in [-0.15, -0.1) is 0 Å². The SMILES string of the molecule is Cc1cc(OC2CCN(C(=O)C=Cc3ccccc3Cl)CC2)cc(=O)n1C. The van der Waals surface area contributed by atoms with Gasteiger partial charge in [0.1, 0.15) is 11.9 Å². The molecule has 1 aliphatic rings. The third-order valence-corrected chi connectivity index (χ3v) is 5.19. The summed E-state index contributed by atoms with van der Waals surface area (Å²) in [5, 5.41) is 0.623. The first-order valence-electron chi connectivity index (χ1n) is 9.00. The Morgan fingerprint density at radius 1 is 1.22 bits per heavy atom. The monoisotopic (exact) mass is 386 g/mol. The third kappa shape index (κ3) is 4.80. The second-order valence-corrected chi connectivity index (χ2v) is 7.13. The molecule has 3 rings (SSSR count). The molecule has 2 aromatic rings. The number of carbonyl (C=O) groups excluding carboxylic acids is 1. The number of benzene rings is 1. The largest absolute Gasteiger partial charge is 0.490 e. The summed E-state index contributed by atoms with van der Waals surface area (Å²) in [6.45, 7) is 3.13. The van der Waals surface area contributed by atoms with Crippen LogP contribution in [-0.2, 0) is 11.8 Å². The van der Waals surface area contributed by atoms with Crippen LogP contribution in [-0.4, -0.2) is 34.6 Å². The second-order valence-electron chi connectivity index (χ2n) is 6.73. The van der Waals surface area contributed by atoms with Crippen molar-refractivity contribution < 1.29 is 9.53 Å². The lowest BCUT2D eigenvalue weighted by molar-refractivity contribution is -0.127. The van der Waals surface area contributed by atoms with Gasteiger partial charge in [0.05, 0.1) is 0 Å². The van der Waals surface area contributed by atoms with E-state index in [4.69, 9.17) is 16.3 Å². The number of nitrogens with zero attached hydrogens (tertiary/aromatic N) is 2. The maximum atomic E-state index is 12.4. The molecule has 0 spiro atoms. The molecule has 1 amide bonds. The van der Waals surface area contributed by atoms with Gasteiger partial charge in [0.15, 0.2) is 0 Å². The maximum Gasteiger partial charge on any atom is 0.254 e. The first-order chi connectivity index (χ1) is 12.9. The first-order valence-corrected chi connectivity index (χ1v) is 9.37. The molecule has 1 fully saturated rings. The Morgan fingerprint density at radius 3 is 2.59 bits per heavy atom. The van der Waals surface area contributed by atoms with E-state index in [-0.39, 0.29) is 17.6 Å². The Kier molecular flexibility index (Phi) is 6.01. The van der Waals surface area contributed by atoms with Crippen molar-refractivity contribution in [2.75, 3.05) is 13.1 Å². The summed E-state index contributed by atoms with van der Waals surface area (Å²) in [6, 6.07) is 10.8. The number of halogens is 1. The number of hydrogen-bond donors (Lipinski definition) is 0. The van der Waals surface area contributed by atoms with E-state index in [0.717, 1.165) is 24.1 Å². The van der Waals surface area contributed by atoms with Crippen LogP contribution in [0.15, 0.2) is 47.3 Å². The molecule has 27 heavy (non-hydrogen) atoms. The minimum absolute atomic E-state index is 0.00750. The number of likely N-dealkylation sites (tertiary alicyclic amines) is 1. The van der Waals surface area contributed by atoms with E-state index in [2.05, 4.69) is 0 Å². The van der Waals surface area contributed by atoms with Crippen LogP contribution < -0.4 is 10.3 Å². The van der Waals surface area contributed by atoms with E-state index in [0.29, 0.717) is 23.9 Å². The van der Waals surface area contributed by atoms with Gasteiger partial charge in [0.2, 0.25) is 5.91 Å². The van der Waals surface area contributed by atoms with Crippen LogP contribution in [0.2, 0.25) is 5.02 Å². The smallest absolute Gasteiger partial charge is 0.254 e. The van der Waals surface area contributed by atoms with Crippen molar-refractivity contribution in [2.45, 2.75) is 25.9 Å². The number of aryl methyl sites for hydroxylation is 1. The number of rotatable bonds is 4. The summed E-state index contributed by atoms with van der Waals surface area (Å²) in [7, 11) is 1.74. The van der Waals surface area contributed by atoms with Gasteiger partial charge in [-0.3, -0.25) is 9.59 Å². The lowest BCUT2D eigenvalue weighted by Crippen LogP contribution is -2.41. The lowest BCUT2D eigenvalue weighted by Gasteiger charge is -2.31. The summed E-state index contributed by atoms with van der Waals surface area (Å²) in [4.78, 5) is 26.1. The minimum Gasteiger partial charge on any atom is -0.490 e. The average molecular weight is 387 g/mol. The van der Waals surface area contributed by atoms with Crippen LogP contribution in [0.5, 0.6) is 5.75 Å². The van der Waals surface area contributed by atoms with Gasteiger partial charge in [-0.25, -0.2) is 0 Å². The van der Waals surface area contributed by atoms with Crippen molar-refractivity contribution in [1.29, 1.82) is 0 Å². The van der Waals surface area contributed by atoms with Crippen LogP contribution in [0.4, 0.5) is 0 Å². The van der Waals surface area contributed by atoms with E-state index in [1.54, 1.807) is 29.8 Å². The number of piperidine rings is 1. The third-order valence-electron chi connectivity index (χ3n) is 4.84. The number of aromatic nitrogens is 1. The van der Waals surface area contributed by atoms with Crippen LogP contribution in [0, 0.1) is 6.92 Å². The molecule has 0 atom stereocenters. The zero-order chi connectivity index (χ0) is 19.4. The quantitative estimate of drug-likeness (QED) is 0.756. The molecule has 1 aromatic heterocycles. The fourth-order valence-electron chi connectivity index (χ4n) is 3.07. The first kappa shape index (κ1) is 19.2. The molecule has 142 valence electrons. The van der Waals surface area contributed by atoms with Crippen molar-refractivity contribution in [3.05, 3.63) is 69.1 Å². The second kappa shape index (κ2) is 8.44. The predicted molar refractivity (Wildman–Crippen MR) is 107 cm³/mol. The number of amides is 1. The fourth-order valence-corrected chi connectivity index (χ4v) is 3.27. The van der Waals surface area contributed by atoms with Crippen molar-refractivity contribution in [3.63, 3.8) is 0 Å². The molecule has 5 nitrogen and oxygen atoms in total. The van der Waals surface area contributed by atoms with Crippen molar-refractivity contribution in [2.24, 2.45) is 7.05 Å².